The Morgan fingerprint density at radius 3 is 1.95 bits per heavy atom. The fourth-order valence-electron chi connectivity index (χ4n) is 4.40. The molecule has 3 fully saturated rings. The van der Waals surface area contributed by atoms with Gasteiger partial charge in [0.25, 0.3) is 0 Å². The molecule has 1 heterocycles. The van der Waals surface area contributed by atoms with Gasteiger partial charge in [0.05, 0.1) is 6.10 Å². The molecule has 0 aromatic heterocycles. The van der Waals surface area contributed by atoms with Crippen molar-refractivity contribution in [2.24, 2.45) is 17.8 Å². The van der Waals surface area contributed by atoms with Crippen LogP contribution in [0.15, 0.2) is 0 Å². The molecule has 0 bridgehead atoms. The van der Waals surface area contributed by atoms with E-state index in [0.29, 0.717) is 11.8 Å². The van der Waals surface area contributed by atoms with Gasteiger partial charge in [-0.15, -0.1) is 0 Å². The molecule has 0 radical (unpaired) electrons. The minimum atomic E-state index is -0.630. The predicted molar refractivity (Wildman–Crippen MR) is 91.3 cm³/mol. The van der Waals surface area contributed by atoms with E-state index in [1.807, 2.05) is 0 Å². The number of ether oxygens (including phenoxy) is 2. The monoisotopic (exact) mass is 408 g/mol. The zero-order valence-electron chi connectivity index (χ0n) is 12.9. The first-order chi connectivity index (χ1) is 10.3. The van der Waals surface area contributed by atoms with Crippen LogP contribution in [0.1, 0.15) is 64.2 Å². The number of hydrogen-bond donors (Lipinski definition) is 1. The van der Waals surface area contributed by atoms with Gasteiger partial charge in [-0.1, -0.05) is 61.1 Å². The molecule has 3 nitrogen and oxygen atoms in total. The second-order valence-corrected chi connectivity index (χ2v) is 7.99. The molecule has 0 aromatic rings. The van der Waals surface area contributed by atoms with Gasteiger partial charge in [0.1, 0.15) is 0 Å². The maximum Gasteiger partial charge on any atom is 0.163 e. The van der Waals surface area contributed by atoms with Gasteiger partial charge in [0, 0.05) is 16.3 Å². The van der Waals surface area contributed by atoms with Crippen molar-refractivity contribution in [2.75, 3.05) is 4.43 Å². The van der Waals surface area contributed by atoms with Crippen LogP contribution in [0.3, 0.4) is 0 Å². The summed E-state index contributed by atoms with van der Waals surface area (Å²) in [4.78, 5) is 0. The Labute approximate surface area is 142 Å². The number of rotatable bonds is 3. The molecular weight excluding hydrogens is 379 g/mol. The topological polar surface area (TPSA) is 38.7 Å². The van der Waals surface area contributed by atoms with Crippen molar-refractivity contribution in [2.45, 2.75) is 82.9 Å². The number of aliphatic hydroxyl groups excluding tert-OH is 1. The second-order valence-electron chi connectivity index (χ2n) is 7.11. The highest BCUT2D eigenvalue weighted by Gasteiger charge is 2.44. The molecule has 3 rings (SSSR count). The quantitative estimate of drug-likeness (QED) is 0.560. The number of hydrogen-bond acceptors (Lipinski definition) is 3. The van der Waals surface area contributed by atoms with E-state index in [-0.39, 0.29) is 18.3 Å². The highest BCUT2D eigenvalue weighted by molar-refractivity contribution is 14.1. The van der Waals surface area contributed by atoms with Crippen LogP contribution in [0.4, 0.5) is 0 Å². The Bertz CT molecular complexity index is 313. The normalized spacial score (nSPS) is 40.3. The third-order valence-corrected chi connectivity index (χ3v) is 6.70. The van der Waals surface area contributed by atoms with E-state index < -0.39 is 6.29 Å². The molecule has 1 N–H and O–H groups in total. The first-order valence-corrected chi connectivity index (χ1v) is 10.4. The molecule has 1 aliphatic heterocycles. The highest BCUT2D eigenvalue weighted by Crippen LogP contribution is 2.40. The number of alkyl halides is 1. The van der Waals surface area contributed by atoms with E-state index in [1.54, 1.807) is 0 Å². The standard InChI is InChI=1S/C17H29IO3/c18-11-14-15(12-7-3-1-4-8-12)20-17(21-16(14)19)13-9-5-2-6-10-13/h12-17,19H,1-11H2/t14-,15+,16-,17+/m1/s1. The maximum atomic E-state index is 10.5. The molecule has 4 heteroatoms. The van der Waals surface area contributed by atoms with E-state index in [2.05, 4.69) is 22.6 Å². The van der Waals surface area contributed by atoms with Crippen LogP contribution in [-0.2, 0) is 9.47 Å². The molecule has 4 atom stereocenters. The Morgan fingerprint density at radius 1 is 0.810 bits per heavy atom. The third kappa shape index (κ3) is 3.93. The molecule has 3 aliphatic rings. The summed E-state index contributed by atoms with van der Waals surface area (Å²) >= 11 is 2.37. The Kier molecular flexibility index (Phi) is 6.22. The van der Waals surface area contributed by atoms with Crippen molar-refractivity contribution in [1.29, 1.82) is 0 Å². The van der Waals surface area contributed by atoms with Crippen LogP contribution >= 0.6 is 22.6 Å². The molecule has 0 spiro atoms. The molecule has 0 unspecified atom stereocenters. The lowest BCUT2D eigenvalue weighted by Gasteiger charge is -2.46. The Balaban J connectivity index is 1.68. The van der Waals surface area contributed by atoms with Gasteiger partial charge in [0.2, 0.25) is 0 Å². The van der Waals surface area contributed by atoms with E-state index >= 15 is 0 Å². The van der Waals surface area contributed by atoms with Crippen LogP contribution < -0.4 is 0 Å². The van der Waals surface area contributed by atoms with Crippen LogP contribution in [0.5, 0.6) is 0 Å². The molecule has 1 saturated heterocycles. The van der Waals surface area contributed by atoms with Gasteiger partial charge in [-0.3, -0.25) is 0 Å². The zero-order chi connectivity index (χ0) is 14.7. The minimum Gasteiger partial charge on any atom is -0.367 e. The van der Waals surface area contributed by atoms with E-state index in [9.17, 15) is 5.11 Å². The van der Waals surface area contributed by atoms with Gasteiger partial charge in [-0.25, -0.2) is 0 Å². The Morgan fingerprint density at radius 2 is 1.38 bits per heavy atom. The lowest BCUT2D eigenvalue weighted by molar-refractivity contribution is -0.341. The molecule has 2 saturated carbocycles. The lowest BCUT2D eigenvalue weighted by Crippen LogP contribution is -2.52. The molecule has 0 amide bonds. The van der Waals surface area contributed by atoms with Crippen LogP contribution in [-0.4, -0.2) is 28.2 Å². The Hall–Kier alpha value is 0.610. The van der Waals surface area contributed by atoms with Crippen LogP contribution in [0.25, 0.3) is 0 Å². The van der Waals surface area contributed by atoms with Crippen LogP contribution in [0.2, 0.25) is 0 Å². The van der Waals surface area contributed by atoms with Crippen molar-refractivity contribution in [3.8, 4) is 0 Å². The van der Waals surface area contributed by atoms with Crippen molar-refractivity contribution < 1.29 is 14.6 Å². The SMILES string of the molecule is O[C@@H]1O[C@@H](C2CCCCC2)O[C@@H](C2CCCCC2)[C@H]1CI. The summed E-state index contributed by atoms with van der Waals surface area (Å²) in [6, 6.07) is 0. The summed E-state index contributed by atoms with van der Waals surface area (Å²) in [7, 11) is 0. The van der Waals surface area contributed by atoms with E-state index in [1.165, 1.54) is 64.2 Å². The first kappa shape index (κ1) is 16.5. The average molecular weight is 408 g/mol. The molecule has 122 valence electrons. The summed E-state index contributed by atoms with van der Waals surface area (Å²) in [6.07, 6.45) is 12.3. The summed E-state index contributed by atoms with van der Waals surface area (Å²) in [5, 5.41) is 10.5. The minimum absolute atomic E-state index is 0.147. The largest absolute Gasteiger partial charge is 0.367 e. The summed E-state index contributed by atoms with van der Waals surface area (Å²) in [6.45, 7) is 0. The van der Waals surface area contributed by atoms with Gasteiger partial charge in [0.15, 0.2) is 12.6 Å². The predicted octanol–water partition coefficient (Wildman–Crippen LogP) is 4.26. The summed E-state index contributed by atoms with van der Waals surface area (Å²) in [5.74, 6) is 1.27. The fourth-order valence-corrected chi connectivity index (χ4v) is 5.34. The van der Waals surface area contributed by atoms with Crippen molar-refractivity contribution >= 4 is 22.6 Å². The number of aliphatic hydroxyl groups is 1. The number of halogens is 1. The van der Waals surface area contributed by atoms with Crippen molar-refractivity contribution in [1.82, 2.24) is 0 Å². The van der Waals surface area contributed by atoms with E-state index in [0.717, 1.165) is 4.43 Å². The van der Waals surface area contributed by atoms with Gasteiger partial charge in [-0.05, 0) is 31.6 Å². The van der Waals surface area contributed by atoms with Crippen LogP contribution in [0, 0.1) is 17.8 Å². The highest BCUT2D eigenvalue weighted by atomic mass is 127. The lowest BCUT2D eigenvalue weighted by atomic mass is 9.79. The third-order valence-electron chi connectivity index (χ3n) is 5.68. The molecule has 0 aromatic carbocycles. The van der Waals surface area contributed by atoms with Crippen molar-refractivity contribution in [3.05, 3.63) is 0 Å². The smallest absolute Gasteiger partial charge is 0.163 e. The average Bonchev–Trinajstić information content (AvgIpc) is 2.55. The zero-order valence-corrected chi connectivity index (χ0v) is 15.0. The summed E-state index contributed by atoms with van der Waals surface area (Å²) < 4.78 is 13.2. The maximum absolute atomic E-state index is 10.5. The van der Waals surface area contributed by atoms with Gasteiger partial charge in [-0.2, -0.15) is 0 Å². The molecule has 21 heavy (non-hydrogen) atoms. The van der Waals surface area contributed by atoms with Crippen molar-refractivity contribution in [3.63, 3.8) is 0 Å². The van der Waals surface area contributed by atoms with Gasteiger partial charge >= 0.3 is 0 Å². The van der Waals surface area contributed by atoms with Gasteiger partial charge < -0.3 is 14.6 Å². The molecule has 2 aliphatic carbocycles. The second kappa shape index (κ2) is 7.93. The fraction of sp³-hybridized carbons (Fsp3) is 1.00. The molecular formula is C17H29IO3. The summed E-state index contributed by atoms with van der Waals surface area (Å²) in [5.41, 5.74) is 0. The first-order valence-electron chi connectivity index (χ1n) is 8.84. The van der Waals surface area contributed by atoms with E-state index in [4.69, 9.17) is 9.47 Å².